The lowest BCUT2D eigenvalue weighted by Crippen LogP contribution is -2.38. The number of rotatable bonds is 9. The fourth-order valence-electron chi connectivity index (χ4n) is 2.15. The number of carbonyl (C=O) groups excluding carboxylic acids is 1. The van der Waals surface area contributed by atoms with Gasteiger partial charge >= 0.3 is 0 Å². The molecule has 0 aromatic rings. The van der Waals surface area contributed by atoms with Crippen LogP contribution in [0.2, 0.25) is 0 Å². The van der Waals surface area contributed by atoms with E-state index in [1.165, 1.54) is 25.7 Å². The molecule has 2 N–H and O–H groups in total. The van der Waals surface area contributed by atoms with Crippen molar-refractivity contribution >= 4 is 5.91 Å². The highest BCUT2D eigenvalue weighted by Gasteiger charge is 2.14. The third-order valence-electron chi connectivity index (χ3n) is 3.15. The van der Waals surface area contributed by atoms with Gasteiger partial charge in [0.2, 0.25) is 5.91 Å². The Balaban J connectivity index is 1.87. The Labute approximate surface area is 111 Å². The van der Waals surface area contributed by atoms with E-state index in [9.17, 15) is 4.79 Å². The summed E-state index contributed by atoms with van der Waals surface area (Å²) in [5, 5.41) is 6.22. The van der Waals surface area contributed by atoms with Crippen molar-refractivity contribution < 1.29 is 9.53 Å². The molecule has 4 heteroatoms. The molecule has 1 aliphatic carbocycles. The second-order valence-corrected chi connectivity index (χ2v) is 5.53. The van der Waals surface area contributed by atoms with Gasteiger partial charge in [0.1, 0.15) is 0 Å². The molecular weight excluding hydrogens is 228 g/mol. The Hall–Kier alpha value is -0.610. The first-order valence-electron chi connectivity index (χ1n) is 7.26. The van der Waals surface area contributed by atoms with Crippen LogP contribution in [0.1, 0.15) is 46.0 Å². The predicted octanol–water partition coefficient (Wildman–Crippen LogP) is 1.70. The number of nitrogens with one attached hydrogen (secondary N) is 2. The Morgan fingerprint density at radius 3 is 2.72 bits per heavy atom. The summed E-state index contributed by atoms with van der Waals surface area (Å²) >= 11 is 0. The monoisotopic (exact) mass is 256 g/mol. The smallest absolute Gasteiger partial charge is 0.233 e. The van der Waals surface area contributed by atoms with Gasteiger partial charge in [0.15, 0.2) is 0 Å². The molecule has 18 heavy (non-hydrogen) atoms. The van der Waals surface area contributed by atoms with Gasteiger partial charge in [-0.15, -0.1) is 0 Å². The largest absolute Gasteiger partial charge is 0.381 e. The van der Waals surface area contributed by atoms with Gasteiger partial charge in [-0.3, -0.25) is 4.79 Å². The van der Waals surface area contributed by atoms with Crippen molar-refractivity contribution in [3.05, 3.63) is 0 Å². The summed E-state index contributed by atoms with van der Waals surface area (Å²) in [7, 11) is 0. The molecule has 1 fully saturated rings. The molecule has 106 valence electrons. The zero-order chi connectivity index (χ0) is 13.2. The van der Waals surface area contributed by atoms with Gasteiger partial charge in [-0.05, 0) is 25.2 Å². The molecule has 0 aromatic heterocycles. The van der Waals surface area contributed by atoms with Crippen LogP contribution in [0.4, 0.5) is 0 Å². The third kappa shape index (κ3) is 7.67. The lowest BCUT2D eigenvalue weighted by molar-refractivity contribution is -0.120. The van der Waals surface area contributed by atoms with Crippen LogP contribution in [0.25, 0.3) is 0 Å². The van der Waals surface area contributed by atoms with Crippen molar-refractivity contribution in [1.29, 1.82) is 0 Å². The number of hydrogen-bond acceptors (Lipinski definition) is 3. The summed E-state index contributed by atoms with van der Waals surface area (Å²) in [6.45, 7) is 6.97. The number of hydrogen-bond donors (Lipinski definition) is 2. The van der Waals surface area contributed by atoms with Gasteiger partial charge in [0.05, 0.1) is 6.54 Å². The zero-order valence-electron chi connectivity index (χ0n) is 11.8. The van der Waals surface area contributed by atoms with E-state index in [2.05, 4.69) is 24.5 Å². The lowest BCUT2D eigenvalue weighted by Gasteiger charge is -2.12. The Morgan fingerprint density at radius 1 is 1.33 bits per heavy atom. The first-order valence-corrected chi connectivity index (χ1v) is 7.26. The minimum absolute atomic E-state index is 0.103. The number of carbonyl (C=O) groups is 1. The van der Waals surface area contributed by atoms with Crippen molar-refractivity contribution in [2.75, 3.05) is 26.3 Å². The van der Waals surface area contributed by atoms with Crippen LogP contribution in [0, 0.1) is 5.92 Å². The third-order valence-corrected chi connectivity index (χ3v) is 3.15. The first kappa shape index (κ1) is 15.4. The molecule has 0 saturated heterocycles. The Morgan fingerprint density at radius 2 is 2.06 bits per heavy atom. The van der Waals surface area contributed by atoms with E-state index in [1.807, 2.05) is 0 Å². The van der Waals surface area contributed by atoms with E-state index in [4.69, 9.17) is 4.74 Å². The minimum atomic E-state index is 0.103. The molecule has 0 aliphatic heterocycles. The second kappa shape index (κ2) is 9.34. The molecule has 0 radical (unpaired) electrons. The maximum atomic E-state index is 11.5. The highest BCUT2D eigenvalue weighted by Crippen LogP contribution is 2.17. The maximum Gasteiger partial charge on any atom is 0.233 e. The van der Waals surface area contributed by atoms with Crippen molar-refractivity contribution in [2.45, 2.75) is 52.0 Å². The maximum absolute atomic E-state index is 11.5. The SMILES string of the molecule is CC(C)COCCCNC(=O)CNC1CCCC1. The summed E-state index contributed by atoms with van der Waals surface area (Å²) in [5.41, 5.74) is 0. The van der Waals surface area contributed by atoms with E-state index in [-0.39, 0.29) is 5.91 Å². The van der Waals surface area contributed by atoms with Crippen molar-refractivity contribution in [1.82, 2.24) is 10.6 Å². The molecule has 0 unspecified atom stereocenters. The average molecular weight is 256 g/mol. The summed E-state index contributed by atoms with van der Waals surface area (Å²) in [4.78, 5) is 11.5. The number of amides is 1. The lowest BCUT2D eigenvalue weighted by atomic mass is 10.2. The van der Waals surface area contributed by atoms with Crippen molar-refractivity contribution in [3.63, 3.8) is 0 Å². The van der Waals surface area contributed by atoms with Crippen LogP contribution in [0.15, 0.2) is 0 Å². The molecular formula is C14H28N2O2. The van der Waals surface area contributed by atoms with Crippen LogP contribution in [0.5, 0.6) is 0 Å². The van der Waals surface area contributed by atoms with Crippen LogP contribution in [0.3, 0.4) is 0 Å². The van der Waals surface area contributed by atoms with Crippen LogP contribution in [-0.2, 0) is 9.53 Å². The zero-order valence-corrected chi connectivity index (χ0v) is 11.8. The Kier molecular flexibility index (Phi) is 8.01. The van der Waals surface area contributed by atoms with Crippen LogP contribution < -0.4 is 10.6 Å². The van der Waals surface area contributed by atoms with E-state index < -0.39 is 0 Å². The molecule has 0 aromatic carbocycles. The molecule has 1 saturated carbocycles. The molecule has 0 bridgehead atoms. The van der Waals surface area contributed by atoms with Gasteiger partial charge in [-0.2, -0.15) is 0 Å². The predicted molar refractivity (Wildman–Crippen MR) is 73.5 cm³/mol. The van der Waals surface area contributed by atoms with Gasteiger partial charge in [0, 0.05) is 25.8 Å². The molecule has 0 spiro atoms. The molecule has 1 amide bonds. The summed E-state index contributed by atoms with van der Waals surface area (Å²) in [6.07, 6.45) is 5.92. The topological polar surface area (TPSA) is 50.4 Å². The van der Waals surface area contributed by atoms with E-state index in [0.717, 1.165) is 19.6 Å². The second-order valence-electron chi connectivity index (χ2n) is 5.53. The molecule has 4 nitrogen and oxygen atoms in total. The number of ether oxygens (including phenoxy) is 1. The summed E-state index contributed by atoms with van der Waals surface area (Å²) < 4.78 is 5.45. The van der Waals surface area contributed by atoms with Gasteiger partial charge in [-0.25, -0.2) is 0 Å². The summed E-state index contributed by atoms with van der Waals surface area (Å²) in [5.74, 6) is 0.681. The standard InChI is InChI=1S/C14H28N2O2/c1-12(2)11-18-9-5-8-15-14(17)10-16-13-6-3-4-7-13/h12-13,16H,3-11H2,1-2H3,(H,15,17). The molecule has 1 rings (SSSR count). The molecule has 0 heterocycles. The van der Waals surface area contributed by atoms with Crippen molar-refractivity contribution in [3.8, 4) is 0 Å². The molecule has 1 aliphatic rings. The normalized spacial score (nSPS) is 16.4. The summed E-state index contributed by atoms with van der Waals surface area (Å²) in [6, 6.07) is 0.560. The fraction of sp³-hybridized carbons (Fsp3) is 0.929. The Bertz CT molecular complexity index is 226. The first-order chi connectivity index (χ1) is 8.68. The van der Waals surface area contributed by atoms with Gasteiger partial charge < -0.3 is 15.4 Å². The van der Waals surface area contributed by atoms with Crippen molar-refractivity contribution in [2.24, 2.45) is 5.92 Å². The minimum Gasteiger partial charge on any atom is -0.381 e. The average Bonchev–Trinajstić information content (AvgIpc) is 2.83. The van der Waals surface area contributed by atoms with Gasteiger partial charge in [0.25, 0.3) is 0 Å². The highest BCUT2D eigenvalue weighted by molar-refractivity contribution is 5.77. The van der Waals surface area contributed by atoms with Crippen LogP contribution in [-0.4, -0.2) is 38.3 Å². The molecule has 0 atom stereocenters. The quantitative estimate of drug-likeness (QED) is 0.617. The van der Waals surface area contributed by atoms with Crippen LogP contribution >= 0.6 is 0 Å². The van der Waals surface area contributed by atoms with E-state index in [1.54, 1.807) is 0 Å². The van der Waals surface area contributed by atoms with E-state index in [0.29, 0.717) is 25.0 Å². The van der Waals surface area contributed by atoms with Gasteiger partial charge in [-0.1, -0.05) is 26.7 Å². The fourth-order valence-corrected chi connectivity index (χ4v) is 2.15. The highest BCUT2D eigenvalue weighted by atomic mass is 16.5. The van der Waals surface area contributed by atoms with E-state index >= 15 is 0 Å².